The maximum Gasteiger partial charge on any atom is 0.289 e. The van der Waals surface area contributed by atoms with E-state index in [4.69, 9.17) is 4.52 Å². The molecule has 0 bridgehead atoms. The molecular weight excluding hydrogens is 296 g/mol. The number of amides is 1. The van der Waals surface area contributed by atoms with Crippen LogP contribution in [0.4, 0.5) is 0 Å². The molecule has 18 heavy (non-hydrogen) atoms. The molecule has 0 aliphatic heterocycles. The zero-order valence-electron chi connectivity index (χ0n) is 10.6. The average molecular weight is 315 g/mol. The number of nitrogens with zero attached hydrogens (tertiary/aromatic N) is 1. The molecule has 0 saturated heterocycles. The fraction of sp³-hybridized carbons (Fsp3) is 0.692. The van der Waals surface area contributed by atoms with E-state index in [9.17, 15) is 4.79 Å². The molecule has 5 heteroatoms. The van der Waals surface area contributed by atoms with E-state index in [0.717, 1.165) is 17.6 Å². The Bertz CT molecular complexity index is 405. The van der Waals surface area contributed by atoms with Crippen LogP contribution in [-0.2, 0) is 0 Å². The summed E-state index contributed by atoms with van der Waals surface area (Å²) in [6.07, 6.45) is 5.03. The highest BCUT2D eigenvalue weighted by atomic mass is 79.9. The van der Waals surface area contributed by atoms with Gasteiger partial charge in [-0.3, -0.25) is 4.79 Å². The first kappa shape index (κ1) is 13.6. The molecule has 100 valence electrons. The second kappa shape index (κ2) is 6.36. The number of aryl methyl sites for hydroxylation is 1. The van der Waals surface area contributed by atoms with Crippen molar-refractivity contribution >= 4 is 21.8 Å². The Morgan fingerprint density at radius 3 is 2.83 bits per heavy atom. The van der Waals surface area contributed by atoms with Gasteiger partial charge in [0.2, 0.25) is 5.76 Å². The van der Waals surface area contributed by atoms with Crippen LogP contribution in [0.1, 0.15) is 41.9 Å². The van der Waals surface area contributed by atoms with Gasteiger partial charge in [-0.15, -0.1) is 0 Å². The first-order valence-electron chi connectivity index (χ1n) is 6.48. The molecule has 1 N–H and O–H groups in total. The number of aromatic nitrogens is 1. The molecule has 2 unspecified atom stereocenters. The number of hydrogen-bond acceptors (Lipinski definition) is 3. The minimum absolute atomic E-state index is 0.158. The van der Waals surface area contributed by atoms with E-state index in [1.807, 2.05) is 6.92 Å². The third-order valence-electron chi connectivity index (χ3n) is 3.64. The second-order valence-corrected chi connectivity index (χ2v) is 5.65. The van der Waals surface area contributed by atoms with Crippen molar-refractivity contribution in [1.82, 2.24) is 10.5 Å². The normalized spacial score (nSPS) is 23.9. The topological polar surface area (TPSA) is 55.1 Å². The third-order valence-corrected chi connectivity index (χ3v) is 4.47. The molecule has 1 aliphatic carbocycles. The Hall–Kier alpha value is -0.840. The number of hydrogen-bond donors (Lipinski definition) is 1. The van der Waals surface area contributed by atoms with Gasteiger partial charge >= 0.3 is 0 Å². The summed E-state index contributed by atoms with van der Waals surface area (Å²) in [5.74, 6) is 1.40. The van der Waals surface area contributed by atoms with E-state index >= 15 is 0 Å². The number of rotatable bonds is 4. The first-order chi connectivity index (χ1) is 8.70. The molecule has 2 atom stereocenters. The van der Waals surface area contributed by atoms with Crippen LogP contribution in [0.2, 0.25) is 0 Å². The van der Waals surface area contributed by atoms with E-state index in [2.05, 4.69) is 26.4 Å². The van der Waals surface area contributed by atoms with Crippen LogP contribution in [-0.4, -0.2) is 22.9 Å². The van der Waals surface area contributed by atoms with E-state index < -0.39 is 0 Å². The standard InChI is InChI=1S/C13H19BrN2O2/c1-9-6-12(18-16-9)13(17)15-8-11-5-3-2-4-10(11)7-14/h6,10-11H,2-5,7-8H2,1H3,(H,15,17). The van der Waals surface area contributed by atoms with Crippen molar-refractivity contribution in [2.75, 3.05) is 11.9 Å². The van der Waals surface area contributed by atoms with Crippen LogP contribution < -0.4 is 5.32 Å². The molecule has 2 rings (SSSR count). The molecule has 1 aliphatic rings. The Labute approximate surface area is 116 Å². The molecule has 1 aromatic rings. The number of nitrogens with one attached hydrogen (secondary N) is 1. The van der Waals surface area contributed by atoms with Crippen LogP contribution in [0.5, 0.6) is 0 Å². The number of halogens is 1. The van der Waals surface area contributed by atoms with Crippen molar-refractivity contribution in [1.29, 1.82) is 0 Å². The molecule has 0 spiro atoms. The van der Waals surface area contributed by atoms with Gasteiger partial charge < -0.3 is 9.84 Å². The van der Waals surface area contributed by atoms with Gasteiger partial charge in [-0.25, -0.2) is 0 Å². The Balaban J connectivity index is 1.85. The highest BCUT2D eigenvalue weighted by molar-refractivity contribution is 9.09. The molecular formula is C13H19BrN2O2. The maximum atomic E-state index is 11.8. The number of alkyl halides is 1. The SMILES string of the molecule is Cc1cc(C(=O)NCC2CCCCC2CBr)on1. The quantitative estimate of drug-likeness (QED) is 0.869. The van der Waals surface area contributed by atoms with Crippen LogP contribution in [0.25, 0.3) is 0 Å². The highest BCUT2D eigenvalue weighted by Crippen LogP contribution is 2.30. The summed E-state index contributed by atoms with van der Waals surface area (Å²) >= 11 is 3.57. The summed E-state index contributed by atoms with van der Waals surface area (Å²) in [7, 11) is 0. The van der Waals surface area contributed by atoms with E-state index in [-0.39, 0.29) is 5.91 Å². The largest absolute Gasteiger partial charge is 0.351 e. The summed E-state index contributed by atoms with van der Waals surface area (Å²) in [5, 5.41) is 7.70. The lowest BCUT2D eigenvalue weighted by atomic mass is 9.80. The molecule has 1 fully saturated rings. The smallest absolute Gasteiger partial charge is 0.289 e. The van der Waals surface area contributed by atoms with E-state index in [1.54, 1.807) is 6.07 Å². The lowest BCUT2D eigenvalue weighted by Crippen LogP contribution is -2.34. The predicted octanol–water partition coefficient (Wildman–Crippen LogP) is 2.91. The van der Waals surface area contributed by atoms with Crippen molar-refractivity contribution in [2.45, 2.75) is 32.6 Å². The molecule has 1 amide bonds. The van der Waals surface area contributed by atoms with Gasteiger partial charge in [-0.05, 0) is 31.6 Å². The van der Waals surface area contributed by atoms with Gasteiger partial charge in [0.05, 0.1) is 5.69 Å². The first-order valence-corrected chi connectivity index (χ1v) is 7.60. The van der Waals surface area contributed by atoms with Gasteiger partial charge in [0.15, 0.2) is 0 Å². The van der Waals surface area contributed by atoms with Crippen LogP contribution in [0.15, 0.2) is 10.6 Å². The summed E-state index contributed by atoms with van der Waals surface area (Å²) in [4.78, 5) is 11.8. The van der Waals surface area contributed by atoms with Crippen LogP contribution in [0.3, 0.4) is 0 Å². The van der Waals surface area contributed by atoms with Gasteiger partial charge in [-0.1, -0.05) is 33.9 Å². The Kier molecular flexibility index (Phi) is 4.80. The van der Waals surface area contributed by atoms with Gasteiger partial charge in [0.1, 0.15) is 0 Å². The predicted molar refractivity (Wildman–Crippen MR) is 72.8 cm³/mol. The lowest BCUT2D eigenvalue weighted by molar-refractivity contribution is 0.0900. The lowest BCUT2D eigenvalue weighted by Gasteiger charge is -2.30. The van der Waals surface area contributed by atoms with Crippen molar-refractivity contribution in [3.05, 3.63) is 17.5 Å². The third kappa shape index (κ3) is 3.34. The van der Waals surface area contributed by atoms with Crippen LogP contribution >= 0.6 is 15.9 Å². The molecule has 1 saturated carbocycles. The molecule has 1 heterocycles. The zero-order valence-corrected chi connectivity index (χ0v) is 12.2. The van der Waals surface area contributed by atoms with Crippen molar-refractivity contribution in [3.8, 4) is 0 Å². The molecule has 0 radical (unpaired) electrons. The average Bonchev–Trinajstić information content (AvgIpc) is 2.83. The Morgan fingerprint density at radius 2 is 2.22 bits per heavy atom. The minimum Gasteiger partial charge on any atom is -0.351 e. The molecule has 1 aromatic heterocycles. The van der Waals surface area contributed by atoms with Gasteiger partial charge in [0, 0.05) is 17.9 Å². The van der Waals surface area contributed by atoms with Crippen molar-refractivity contribution in [2.24, 2.45) is 11.8 Å². The van der Waals surface area contributed by atoms with Crippen molar-refractivity contribution < 1.29 is 9.32 Å². The zero-order chi connectivity index (χ0) is 13.0. The van der Waals surface area contributed by atoms with E-state index in [1.165, 1.54) is 25.7 Å². The highest BCUT2D eigenvalue weighted by Gasteiger charge is 2.25. The van der Waals surface area contributed by atoms with Gasteiger partial charge in [0.25, 0.3) is 5.91 Å². The van der Waals surface area contributed by atoms with Crippen LogP contribution in [0, 0.1) is 18.8 Å². The molecule has 0 aromatic carbocycles. The number of carbonyl (C=O) groups is 1. The Morgan fingerprint density at radius 1 is 1.50 bits per heavy atom. The number of carbonyl (C=O) groups excluding carboxylic acids is 1. The van der Waals surface area contributed by atoms with Crippen molar-refractivity contribution in [3.63, 3.8) is 0 Å². The summed E-state index contributed by atoms with van der Waals surface area (Å²) in [6.45, 7) is 2.54. The second-order valence-electron chi connectivity index (χ2n) is 5.00. The fourth-order valence-electron chi connectivity index (χ4n) is 2.54. The maximum absolute atomic E-state index is 11.8. The minimum atomic E-state index is -0.158. The summed E-state index contributed by atoms with van der Waals surface area (Å²) in [5.41, 5.74) is 0.733. The van der Waals surface area contributed by atoms with E-state index in [0.29, 0.717) is 17.6 Å². The summed E-state index contributed by atoms with van der Waals surface area (Å²) in [6, 6.07) is 1.66. The van der Waals surface area contributed by atoms with Gasteiger partial charge in [-0.2, -0.15) is 0 Å². The summed E-state index contributed by atoms with van der Waals surface area (Å²) < 4.78 is 4.95. The fourth-order valence-corrected chi connectivity index (χ4v) is 3.39. The molecule has 4 nitrogen and oxygen atoms in total. The monoisotopic (exact) mass is 314 g/mol.